The van der Waals surface area contributed by atoms with Crippen molar-refractivity contribution in [1.29, 1.82) is 0 Å². The van der Waals surface area contributed by atoms with Gasteiger partial charge in [-0.25, -0.2) is 4.39 Å². The van der Waals surface area contributed by atoms with Gasteiger partial charge in [0.05, 0.1) is 0 Å². The lowest BCUT2D eigenvalue weighted by molar-refractivity contribution is -0.113. The normalized spacial score (nSPS) is 10.1. The summed E-state index contributed by atoms with van der Waals surface area (Å²) in [6.45, 7) is 15.1. The number of rotatable bonds is 11. The molecular formula is C29H44FNO2. The van der Waals surface area contributed by atoms with Gasteiger partial charge in [-0.2, -0.15) is 0 Å². The van der Waals surface area contributed by atoms with Crippen molar-refractivity contribution in [3.05, 3.63) is 71.0 Å². The number of carbonyl (C=O) groups excluding carboxylic acids is 2. The van der Waals surface area contributed by atoms with Gasteiger partial charge in [-0.3, -0.25) is 14.5 Å². The Morgan fingerprint density at radius 2 is 1.36 bits per heavy atom. The molecule has 0 aliphatic rings. The van der Waals surface area contributed by atoms with Crippen molar-refractivity contribution in [2.45, 2.75) is 86.6 Å². The topological polar surface area (TPSA) is 37.4 Å². The molecule has 0 aliphatic heterocycles. The molecule has 0 atom stereocenters. The van der Waals surface area contributed by atoms with Crippen molar-refractivity contribution < 1.29 is 14.0 Å². The summed E-state index contributed by atoms with van der Waals surface area (Å²) in [4.78, 5) is 24.4. The number of nitrogens with zero attached hydrogens (tertiary/aromatic N) is 1. The minimum atomic E-state index is -0.413. The van der Waals surface area contributed by atoms with Crippen LogP contribution in [0.1, 0.15) is 94.6 Å². The fourth-order valence-corrected chi connectivity index (χ4v) is 3.19. The number of unbranched alkanes of at least 4 members (excludes halogenated alkanes) is 3. The van der Waals surface area contributed by atoms with E-state index in [0.717, 1.165) is 25.2 Å². The molecule has 2 aromatic carbocycles. The number of benzene rings is 2. The highest BCUT2D eigenvalue weighted by Gasteiger charge is 2.12. The van der Waals surface area contributed by atoms with E-state index in [1.54, 1.807) is 24.3 Å². The molecule has 0 saturated carbocycles. The Labute approximate surface area is 201 Å². The first-order valence-corrected chi connectivity index (χ1v) is 12.4. The smallest absolute Gasteiger partial charge is 0.228 e. The lowest BCUT2D eigenvalue weighted by Crippen LogP contribution is -2.25. The van der Waals surface area contributed by atoms with Crippen molar-refractivity contribution in [3.8, 4) is 0 Å². The number of hydrogen-bond acceptors (Lipinski definition) is 3. The molecule has 4 heteroatoms. The summed E-state index contributed by atoms with van der Waals surface area (Å²) in [5, 5.41) is 0. The summed E-state index contributed by atoms with van der Waals surface area (Å²) in [7, 11) is 0. The van der Waals surface area contributed by atoms with E-state index in [0.29, 0.717) is 5.56 Å². The van der Waals surface area contributed by atoms with Gasteiger partial charge in [-0.15, -0.1) is 0 Å². The molecular weight excluding hydrogens is 413 g/mol. The number of ketones is 2. The number of halogens is 1. The van der Waals surface area contributed by atoms with E-state index in [4.69, 9.17) is 0 Å². The van der Waals surface area contributed by atoms with Crippen molar-refractivity contribution >= 4 is 11.6 Å². The Balaban J connectivity index is 0.000000530. The predicted octanol–water partition coefficient (Wildman–Crippen LogP) is 7.80. The minimum absolute atomic E-state index is 0.153. The van der Waals surface area contributed by atoms with Gasteiger partial charge in [0.1, 0.15) is 5.82 Å². The molecule has 0 spiro atoms. The van der Waals surface area contributed by atoms with Crippen molar-refractivity contribution in [3.63, 3.8) is 0 Å². The molecule has 2 rings (SSSR count). The van der Waals surface area contributed by atoms with Gasteiger partial charge in [0.25, 0.3) is 0 Å². The first-order chi connectivity index (χ1) is 15.8. The monoisotopic (exact) mass is 457 g/mol. The third-order valence-electron chi connectivity index (χ3n) is 5.10. The van der Waals surface area contributed by atoms with Gasteiger partial charge in [0, 0.05) is 19.0 Å². The summed E-state index contributed by atoms with van der Waals surface area (Å²) >= 11 is 0. The lowest BCUT2D eigenvalue weighted by atomic mass is 10.0. The molecule has 0 N–H and O–H groups in total. The van der Waals surface area contributed by atoms with Gasteiger partial charge < -0.3 is 0 Å². The second kappa shape index (κ2) is 19.2. The van der Waals surface area contributed by atoms with Crippen LogP contribution in [0.4, 0.5) is 4.39 Å². The summed E-state index contributed by atoms with van der Waals surface area (Å²) in [5.74, 6) is -0.975. The minimum Gasteiger partial charge on any atom is -0.299 e. The number of carbonyl (C=O) groups is 2. The van der Waals surface area contributed by atoms with E-state index in [9.17, 15) is 14.0 Å². The van der Waals surface area contributed by atoms with Crippen LogP contribution in [0, 0.1) is 12.7 Å². The van der Waals surface area contributed by atoms with E-state index in [1.807, 2.05) is 31.2 Å². The Kier molecular flexibility index (Phi) is 17.8. The van der Waals surface area contributed by atoms with Crippen molar-refractivity contribution in [1.82, 2.24) is 4.90 Å². The van der Waals surface area contributed by atoms with Gasteiger partial charge >= 0.3 is 0 Å². The average Bonchev–Trinajstić information content (AvgIpc) is 2.80. The van der Waals surface area contributed by atoms with Crippen molar-refractivity contribution in [2.75, 3.05) is 13.1 Å². The molecule has 0 bridgehead atoms. The van der Waals surface area contributed by atoms with Crippen LogP contribution in [-0.2, 0) is 11.3 Å². The number of hydrogen-bond donors (Lipinski definition) is 0. The third kappa shape index (κ3) is 14.4. The van der Waals surface area contributed by atoms with E-state index in [-0.39, 0.29) is 5.82 Å². The van der Waals surface area contributed by atoms with Crippen LogP contribution >= 0.6 is 0 Å². The lowest BCUT2D eigenvalue weighted by Gasteiger charge is -2.21. The predicted molar refractivity (Wildman–Crippen MR) is 138 cm³/mol. The molecule has 0 heterocycles. The fourth-order valence-electron chi connectivity index (χ4n) is 3.19. The SMILES string of the molecule is CC(=O)C(=O)c1ccccc1C.CCCCC.CCCCN(CCC)Cc1ccc(F)cc1. The molecule has 0 aromatic heterocycles. The summed E-state index contributed by atoms with van der Waals surface area (Å²) in [5.41, 5.74) is 2.55. The second-order valence-corrected chi connectivity index (χ2v) is 8.31. The second-order valence-electron chi connectivity index (χ2n) is 8.31. The molecule has 0 fully saturated rings. The molecule has 0 saturated heterocycles. The van der Waals surface area contributed by atoms with Crippen LogP contribution in [0.25, 0.3) is 0 Å². The first-order valence-electron chi connectivity index (χ1n) is 12.4. The van der Waals surface area contributed by atoms with Crippen LogP contribution in [0.15, 0.2) is 48.5 Å². The van der Waals surface area contributed by atoms with Gasteiger partial charge in [0.2, 0.25) is 5.78 Å². The highest BCUT2D eigenvalue weighted by Crippen LogP contribution is 2.09. The van der Waals surface area contributed by atoms with Gasteiger partial charge in [-0.1, -0.05) is 89.8 Å². The van der Waals surface area contributed by atoms with E-state index >= 15 is 0 Å². The van der Waals surface area contributed by atoms with Crippen LogP contribution in [-0.4, -0.2) is 29.6 Å². The van der Waals surface area contributed by atoms with Crippen LogP contribution < -0.4 is 0 Å². The average molecular weight is 458 g/mol. The highest BCUT2D eigenvalue weighted by atomic mass is 19.1. The summed E-state index contributed by atoms with van der Waals surface area (Å²) in [6, 6.07) is 13.9. The zero-order valence-corrected chi connectivity index (χ0v) is 21.6. The molecule has 0 amide bonds. The zero-order valence-electron chi connectivity index (χ0n) is 21.6. The van der Waals surface area contributed by atoms with Gasteiger partial charge in [0.15, 0.2) is 5.78 Å². The third-order valence-corrected chi connectivity index (χ3v) is 5.10. The summed E-state index contributed by atoms with van der Waals surface area (Å²) in [6.07, 6.45) is 7.71. The van der Waals surface area contributed by atoms with Crippen LogP contribution in [0.5, 0.6) is 0 Å². The molecule has 0 radical (unpaired) electrons. The van der Waals surface area contributed by atoms with Crippen molar-refractivity contribution in [2.24, 2.45) is 0 Å². The Morgan fingerprint density at radius 3 is 1.82 bits per heavy atom. The Hall–Kier alpha value is -2.33. The molecule has 184 valence electrons. The molecule has 0 unspecified atom stereocenters. The Morgan fingerprint density at radius 1 is 0.788 bits per heavy atom. The van der Waals surface area contributed by atoms with E-state index < -0.39 is 11.6 Å². The molecule has 3 nitrogen and oxygen atoms in total. The van der Waals surface area contributed by atoms with Crippen LogP contribution in [0.3, 0.4) is 0 Å². The standard InChI is InChI=1S/C14H22FN.C10H10O2.C5H12/c1-3-5-11-16(10-4-2)12-13-6-8-14(15)9-7-13;1-7-5-3-4-6-9(7)10(12)8(2)11;1-3-5-4-2/h6-9H,3-5,10-12H2,1-2H3;3-6H,1-2H3;3-5H2,1-2H3. The van der Waals surface area contributed by atoms with E-state index in [1.165, 1.54) is 51.0 Å². The summed E-state index contributed by atoms with van der Waals surface area (Å²) < 4.78 is 12.8. The Bertz CT molecular complexity index is 784. The number of aryl methyl sites for hydroxylation is 1. The quantitative estimate of drug-likeness (QED) is 0.255. The largest absolute Gasteiger partial charge is 0.299 e. The number of Topliss-reactive ketones (excluding diaryl/α,β-unsaturated/α-hetero) is 2. The maximum atomic E-state index is 12.8. The first kappa shape index (κ1) is 30.7. The maximum absolute atomic E-state index is 12.8. The van der Waals surface area contributed by atoms with Crippen LogP contribution in [0.2, 0.25) is 0 Å². The van der Waals surface area contributed by atoms with E-state index in [2.05, 4.69) is 32.6 Å². The molecule has 2 aromatic rings. The zero-order chi connectivity index (χ0) is 25.1. The molecule has 0 aliphatic carbocycles. The van der Waals surface area contributed by atoms with Gasteiger partial charge in [-0.05, 0) is 56.1 Å². The highest BCUT2D eigenvalue weighted by molar-refractivity contribution is 6.43. The maximum Gasteiger partial charge on any atom is 0.228 e. The molecule has 33 heavy (non-hydrogen) atoms. The fraction of sp³-hybridized carbons (Fsp3) is 0.517.